The molecule has 146 valence electrons. The van der Waals surface area contributed by atoms with Crippen molar-refractivity contribution in [3.8, 4) is 5.75 Å². The summed E-state index contributed by atoms with van der Waals surface area (Å²) < 4.78 is 5.77. The largest absolute Gasteiger partial charge is 0.494 e. The average Bonchev–Trinajstić information content (AvgIpc) is 2.69. The van der Waals surface area contributed by atoms with Crippen LogP contribution in [0.4, 0.5) is 0 Å². The van der Waals surface area contributed by atoms with Gasteiger partial charge in [0, 0.05) is 25.1 Å². The minimum Gasteiger partial charge on any atom is -0.494 e. The van der Waals surface area contributed by atoms with E-state index in [9.17, 15) is 9.59 Å². The standard InChI is InChI=1S/C21H29N3O3/c1-2-24(16-8-4-3-5-9-16)21(26)10-6-7-13-27-17-11-12-18-19(14-17)22-15-20(25)23-18/h11-12,14-16H,2-10,13H2,1H3,(H,23,25). The molecule has 0 radical (unpaired) electrons. The number of hydrogen-bond donors (Lipinski definition) is 1. The number of carbonyl (C=O) groups is 1. The van der Waals surface area contributed by atoms with Crippen LogP contribution in [0.5, 0.6) is 5.75 Å². The van der Waals surface area contributed by atoms with Crippen LogP contribution >= 0.6 is 0 Å². The lowest BCUT2D eigenvalue weighted by Crippen LogP contribution is -2.41. The number of unbranched alkanes of at least 4 members (excludes halogenated alkanes) is 1. The molecule has 3 rings (SSSR count). The van der Waals surface area contributed by atoms with E-state index in [1.54, 1.807) is 6.07 Å². The molecule has 1 saturated carbocycles. The van der Waals surface area contributed by atoms with Crippen molar-refractivity contribution in [2.24, 2.45) is 0 Å². The first-order chi connectivity index (χ1) is 13.2. The minimum absolute atomic E-state index is 0.213. The highest BCUT2D eigenvalue weighted by molar-refractivity contribution is 5.76. The summed E-state index contributed by atoms with van der Waals surface area (Å²) in [7, 11) is 0. The van der Waals surface area contributed by atoms with Gasteiger partial charge in [-0.1, -0.05) is 19.3 Å². The highest BCUT2D eigenvalue weighted by atomic mass is 16.5. The van der Waals surface area contributed by atoms with Crippen LogP contribution in [0.2, 0.25) is 0 Å². The molecule has 1 fully saturated rings. The number of benzene rings is 1. The van der Waals surface area contributed by atoms with Crippen molar-refractivity contribution in [1.82, 2.24) is 14.9 Å². The quantitative estimate of drug-likeness (QED) is 0.719. The minimum atomic E-state index is -0.213. The van der Waals surface area contributed by atoms with Crippen LogP contribution in [-0.2, 0) is 4.79 Å². The van der Waals surface area contributed by atoms with Crippen molar-refractivity contribution in [3.05, 3.63) is 34.7 Å². The maximum absolute atomic E-state index is 12.5. The Kier molecular flexibility index (Phi) is 6.85. The summed E-state index contributed by atoms with van der Waals surface area (Å²) in [4.78, 5) is 32.7. The van der Waals surface area contributed by atoms with E-state index in [-0.39, 0.29) is 11.5 Å². The van der Waals surface area contributed by atoms with E-state index < -0.39 is 0 Å². The van der Waals surface area contributed by atoms with E-state index in [2.05, 4.69) is 21.8 Å². The Morgan fingerprint density at radius 2 is 2.07 bits per heavy atom. The van der Waals surface area contributed by atoms with Gasteiger partial charge in [0.2, 0.25) is 5.91 Å². The molecule has 0 unspecified atom stereocenters. The summed E-state index contributed by atoms with van der Waals surface area (Å²) in [5.41, 5.74) is 1.19. The molecular formula is C21H29N3O3. The first-order valence-electron chi connectivity index (χ1n) is 10.1. The van der Waals surface area contributed by atoms with E-state index in [1.165, 1.54) is 25.5 Å². The zero-order valence-electron chi connectivity index (χ0n) is 16.1. The van der Waals surface area contributed by atoms with Crippen molar-refractivity contribution in [3.63, 3.8) is 0 Å². The number of amides is 1. The summed E-state index contributed by atoms with van der Waals surface area (Å²) in [5.74, 6) is 1.01. The second-order valence-electron chi connectivity index (χ2n) is 7.20. The Bertz CT molecular complexity index is 812. The fraction of sp³-hybridized carbons (Fsp3) is 0.571. The van der Waals surface area contributed by atoms with Gasteiger partial charge in [-0.05, 0) is 44.7 Å². The average molecular weight is 371 g/mol. The number of fused-ring (bicyclic) bond motifs is 1. The van der Waals surface area contributed by atoms with Crippen molar-refractivity contribution in [2.75, 3.05) is 13.2 Å². The number of rotatable bonds is 8. The van der Waals surface area contributed by atoms with Crippen LogP contribution in [0.3, 0.4) is 0 Å². The summed E-state index contributed by atoms with van der Waals surface area (Å²) in [6.07, 6.45) is 9.64. The maximum atomic E-state index is 12.5. The monoisotopic (exact) mass is 371 g/mol. The number of H-pyrrole nitrogens is 1. The zero-order chi connectivity index (χ0) is 19.1. The van der Waals surface area contributed by atoms with Gasteiger partial charge in [-0.2, -0.15) is 0 Å². The number of hydrogen-bond acceptors (Lipinski definition) is 4. The number of ether oxygens (including phenoxy) is 1. The normalized spacial score (nSPS) is 15.0. The predicted molar refractivity (Wildman–Crippen MR) is 106 cm³/mol. The summed E-state index contributed by atoms with van der Waals surface area (Å²) in [6.45, 7) is 3.46. The zero-order valence-corrected chi connectivity index (χ0v) is 16.1. The Hall–Kier alpha value is -2.37. The lowest BCUT2D eigenvalue weighted by molar-refractivity contribution is -0.134. The highest BCUT2D eigenvalue weighted by Crippen LogP contribution is 2.23. The second kappa shape index (κ2) is 9.53. The first kappa shape index (κ1) is 19.4. The molecule has 0 spiro atoms. The number of nitrogens with one attached hydrogen (secondary N) is 1. The van der Waals surface area contributed by atoms with E-state index >= 15 is 0 Å². The first-order valence-corrected chi connectivity index (χ1v) is 10.1. The van der Waals surface area contributed by atoms with E-state index in [0.717, 1.165) is 38.0 Å². The number of carbonyl (C=O) groups excluding carboxylic acids is 1. The topological polar surface area (TPSA) is 75.3 Å². The van der Waals surface area contributed by atoms with Crippen molar-refractivity contribution in [1.29, 1.82) is 0 Å². The van der Waals surface area contributed by atoms with Gasteiger partial charge >= 0.3 is 0 Å². The molecule has 0 aliphatic heterocycles. The van der Waals surface area contributed by atoms with Crippen LogP contribution in [0, 0.1) is 0 Å². The Labute approximate surface area is 159 Å². The molecule has 27 heavy (non-hydrogen) atoms. The molecule has 1 N–H and O–H groups in total. The van der Waals surface area contributed by atoms with Gasteiger partial charge in [0.25, 0.3) is 5.56 Å². The summed E-state index contributed by atoms with van der Waals surface area (Å²) >= 11 is 0. The molecule has 6 nitrogen and oxygen atoms in total. The van der Waals surface area contributed by atoms with Crippen LogP contribution < -0.4 is 10.3 Å². The predicted octanol–water partition coefficient (Wildman–Crippen LogP) is 3.65. The molecule has 1 aromatic carbocycles. The van der Waals surface area contributed by atoms with Crippen LogP contribution in [0.1, 0.15) is 58.3 Å². The smallest absolute Gasteiger partial charge is 0.266 e. The highest BCUT2D eigenvalue weighted by Gasteiger charge is 2.23. The fourth-order valence-electron chi connectivity index (χ4n) is 3.85. The lowest BCUT2D eigenvalue weighted by atomic mass is 9.94. The Balaban J connectivity index is 1.41. The van der Waals surface area contributed by atoms with Gasteiger partial charge in [-0.3, -0.25) is 9.59 Å². The van der Waals surface area contributed by atoms with Gasteiger partial charge in [-0.15, -0.1) is 0 Å². The molecule has 6 heteroatoms. The van der Waals surface area contributed by atoms with Crippen molar-refractivity contribution in [2.45, 2.75) is 64.3 Å². The number of nitrogens with zero attached hydrogens (tertiary/aromatic N) is 2. The molecule has 1 aliphatic rings. The van der Waals surface area contributed by atoms with Gasteiger partial charge < -0.3 is 14.6 Å². The fourth-order valence-corrected chi connectivity index (χ4v) is 3.85. The van der Waals surface area contributed by atoms with Crippen LogP contribution in [0.25, 0.3) is 11.0 Å². The third kappa shape index (κ3) is 5.31. The molecule has 1 amide bonds. The van der Waals surface area contributed by atoms with Crippen LogP contribution in [0.15, 0.2) is 29.2 Å². The Morgan fingerprint density at radius 3 is 2.85 bits per heavy atom. The number of aromatic nitrogens is 2. The molecule has 1 heterocycles. The molecule has 1 aliphatic carbocycles. The van der Waals surface area contributed by atoms with Crippen molar-refractivity contribution >= 4 is 16.9 Å². The molecule has 0 bridgehead atoms. The lowest BCUT2D eigenvalue weighted by Gasteiger charge is -2.33. The van der Waals surface area contributed by atoms with E-state index in [0.29, 0.717) is 30.1 Å². The van der Waals surface area contributed by atoms with Gasteiger partial charge in [0.15, 0.2) is 0 Å². The molecular weight excluding hydrogens is 342 g/mol. The molecule has 2 aromatic rings. The summed E-state index contributed by atoms with van der Waals surface area (Å²) in [6, 6.07) is 5.89. The Morgan fingerprint density at radius 1 is 1.26 bits per heavy atom. The SMILES string of the molecule is CCN(C(=O)CCCCOc1ccc2[nH]c(=O)cnc2c1)C1CCCCC1. The van der Waals surface area contributed by atoms with Gasteiger partial charge in [-0.25, -0.2) is 4.98 Å². The van der Waals surface area contributed by atoms with Gasteiger partial charge in [0.05, 0.1) is 23.8 Å². The number of aromatic amines is 1. The van der Waals surface area contributed by atoms with Crippen molar-refractivity contribution < 1.29 is 9.53 Å². The molecule has 0 saturated heterocycles. The molecule has 1 aromatic heterocycles. The van der Waals surface area contributed by atoms with E-state index in [4.69, 9.17) is 4.74 Å². The second-order valence-corrected chi connectivity index (χ2v) is 7.20. The third-order valence-electron chi connectivity index (χ3n) is 5.28. The van der Waals surface area contributed by atoms with Crippen LogP contribution in [-0.4, -0.2) is 40.0 Å². The third-order valence-corrected chi connectivity index (χ3v) is 5.28. The maximum Gasteiger partial charge on any atom is 0.266 e. The van der Waals surface area contributed by atoms with Gasteiger partial charge in [0.1, 0.15) is 5.75 Å². The summed E-state index contributed by atoms with van der Waals surface area (Å²) in [5, 5.41) is 0. The molecule has 0 atom stereocenters. The van der Waals surface area contributed by atoms with E-state index in [1.807, 2.05) is 12.1 Å².